The Bertz CT molecular complexity index is 1030. The number of hydrogen-bond acceptors (Lipinski definition) is 6. The molecule has 0 atom stereocenters. The van der Waals surface area contributed by atoms with Gasteiger partial charge in [0.05, 0.1) is 16.2 Å². The van der Waals surface area contributed by atoms with E-state index in [1.807, 2.05) is 7.05 Å². The molecule has 0 fully saturated rings. The fourth-order valence-corrected chi connectivity index (χ4v) is 5.91. The molecular weight excluding hydrogens is 417 g/mol. The van der Waals surface area contributed by atoms with Crippen molar-refractivity contribution in [3.05, 3.63) is 46.1 Å². The summed E-state index contributed by atoms with van der Waals surface area (Å²) in [4.78, 5) is 27.4. The molecule has 3 N–H and O–H groups in total. The van der Waals surface area contributed by atoms with E-state index in [2.05, 4.69) is 10.2 Å². The van der Waals surface area contributed by atoms with E-state index >= 15 is 0 Å². The fourth-order valence-electron chi connectivity index (χ4n) is 3.25. The lowest BCUT2D eigenvalue weighted by molar-refractivity contribution is -0.116. The number of nitrogens with one attached hydrogen (secondary N) is 1. The Hall–Kier alpha value is -2.30. The summed E-state index contributed by atoms with van der Waals surface area (Å²) < 4.78 is 37.5. The first-order valence-electron chi connectivity index (χ1n) is 9.08. The van der Waals surface area contributed by atoms with E-state index < -0.39 is 21.6 Å². The van der Waals surface area contributed by atoms with Crippen LogP contribution in [0.15, 0.2) is 29.2 Å². The normalized spacial score (nSPS) is 14.4. The lowest BCUT2D eigenvalue weighted by atomic mass is 10.0. The molecule has 10 heteroatoms. The molecule has 29 heavy (non-hydrogen) atoms. The van der Waals surface area contributed by atoms with Crippen molar-refractivity contribution in [3.8, 4) is 0 Å². The van der Waals surface area contributed by atoms with Crippen molar-refractivity contribution in [2.45, 2.75) is 30.7 Å². The van der Waals surface area contributed by atoms with Gasteiger partial charge in [0.15, 0.2) is 9.84 Å². The lowest BCUT2D eigenvalue weighted by Gasteiger charge is -2.22. The second-order valence-corrected chi connectivity index (χ2v) is 10.2. The van der Waals surface area contributed by atoms with Crippen LogP contribution in [0.2, 0.25) is 0 Å². The largest absolute Gasteiger partial charge is 0.365 e. The van der Waals surface area contributed by atoms with Crippen LogP contribution in [0.3, 0.4) is 0 Å². The number of anilines is 1. The number of fused-ring (bicyclic) bond motifs is 1. The van der Waals surface area contributed by atoms with E-state index in [0.717, 1.165) is 29.1 Å². The van der Waals surface area contributed by atoms with Gasteiger partial charge in [-0.25, -0.2) is 12.8 Å². The zero-order valence-corrected chi connectivity index (χ0v) is 17.5. The smallest absolute Gasteiger partial charge is 0.251 e. The molecule has 2 amide bonds. The van der Waals surface area contributed by atoms with Gasteiger partial charge in [0, 0.05) is 24.4 Å². The molecule has 0 spiro atoms. The van der Waals surface area contributed by atoms with Crippen molar-refractivity contribution in [3.63, 3.8) is 0 Å². The number of primary amides is 1. The van der Waals surface area contributed by atoms with E-state index in [1.54, 1.807) is 0 Å². The average Bonchev–Trinajstić information content (AvgIpc) is 2.98. The Morgan fingerprint density at radius 2 is 1.97 bits per heavy atom. The summed E-state index contributed by atoms with van der Waals surface area (Å²) >= 11 is 1.33. The van der Waals surface area contributed by atoms with Gasteiger partial charge in [-0.2, -0.15) is 0 Å². The third kappa shape index (κ3) is 5.01. The Balaban J connectivity index is 1.63. The number of amides is 2. The predicted molar refractivity (Wildman–Crippen MR) is 109 cm³/mol. The Labute approximate surface area is 172 Å². The molecule has 0 unspecified atom stereocenters. The summed E-state index contributed by atoms with van der Waals surface area (Å²) in [6, 6.07) is 4.58. The summed E-state index contributed by atoms with van der Waals surface area (Å²) in [6.45, 7) is 1.49. The Morgan fingerprint density at radius 1 is 1.28 bits per heavy atom. The molecule has 1 aliphatic heterocycles. The number of thiophene rings is 1. The van der Waals surface area contributed by atoms with Crippen molar-refractivity contribution < 1.29 is 22.4 Å². The third-order valence-electron chi connectivity index (χ3n) is 4.74. The van der Waals surface area contributed by atoms with Gasteiger partial charge in [-0.3, -0.25) is 9.59 Å². The maximum atomic E-state index is 13.0. The number of hydrogen-bond donors (Lipinski definition) is 2. The number of likely N-dealkylation sites (N-methyl/N-ethyl adjacent to an activating group) is 1. The minimum absolute atomic E-state index is 0.0189. The average molecular weight is 440 g/mol. The van der Waals surface area contributed by atoms with Crippen LogP contribution in [0.25, 0.3) is 0 Å². The summed E-state index contributed by atoms with van der Waals surface area (Å²) in [5.41, 5.74) is 6.76. The van der Waals surface area contributed by atoms with Crippen LogP contribution in [0.4, 0.5) is 9.39 Å². The van der Waals surface area contributed by atoms with Crippen molar-refractivity contribution in [1.82, 2.24) is 4.90 Å². The maximum absolute atomic E-state index is 13.0. The molecule has 1 aromatic carbocycles. The highest BCUT2D eigenvalue weighted by atomic mass is 32.2. The maximum Gasteiger partial charge on any atom is 0.251 e. The van der Waals surface area contributed by atoms with Crippen molar-refractivity contribution in [1.29, 1.82) is 0 Å². The first-order valence-corrected chi connectivity index (χ1v) is 11.6. The number of nitrogens with zero attached hydrogens (tertiary/aromatic N) is 1. The quantitative estimate of drug-likeness (QED) is 0.643. The van der Waals surface area contributed by atoms with Gasteiger partial charge in [-0.05, 0) is 49.7 Å². The van der Waals surface area contributed by atoms with E-state index in [0.29, 0.717) is 23.5 Å². The number of halogens is 1. The minimum atomic E-state index is -3.60. The first-order chi connectivity index (χ1) is 13.7. The van der Waals surface area contributed by atoms with Gasteiger partial charge in [0.2, 0.25) is 5.91 Å². The van der Waals surface area contributed by atoms with Gasteiger partial charge in [-0.15, -0.1) is 11.3 Å². The van der Waals surface area contributed by atoms with Crippen LogP contribution in [-0.4, -0.2) is 44.5 Å². The molecule has 0 bridgehead atoms. The van der Waals surface area contributed by atoms with Crippen LogP contribution in [0.1, 0.15) is 33.6 Å². The minimum Gasteiger partial charge on any atom is -0.365 e. The molecule has 0 aliphatic carbocycles. The van der Waals surface area contributed by atoms with Crippen molar-refractivity contribution in [2.75, 3.05) is 24.7 Å². The Kier molecular flexibility index (Phi) is 6.35. The monoisotopic (exact) mass is 439 g/mol. The van der Waals surface area contributed by atoms with Gasteiger partial charge < -0.3 is 16.0 Å². The number of carbonyl (C=O) groups is 2. The van der Waals surface area contributed by atoms with E-state index in [1.165, 1.54) is 23.5 Å². The molecular formula is C19H22FN3O4S2. The highest BCUT2D eigenvalue weighted by molar-refractivity contribution is 7.91. The molecule has 1 aliphatic rings. The predicted octanol–water partition coefficient (Wildman–Crippen LogP) is 2.17. The molecule has 0 radical (unpaired) electrons. The van der Waals surface area contributed by atoms with Gasteiger partial charge in [-0.1, -0.05) is 0 Å². The second kappa shape index (κ2) is 8.60. The summed E-state index contributed by atoms with van der Waals surface area (Å²) in [5, 5.41) is 3.13. The Morgan fingerprint density at radius 3 is 2.62 bits per heavy atom. The molecule has 1 aromatic heterocycles. The number of rotatable bonds is 7. The van der Waals surface area contributed by atoms with Gasteiger partial charge in [0.25, 0.3) is 5.91 Å². The number of benzene rings is 1. The molecule has 2 heterocycles. The summed E-state index contributed by atoms with van der Waals surface area (Å²) in [6.07, 6.45) is 0.763. The number of sulfone groups is 1. The highest BCUT2D eigenvalue weighted by Crippen LogP contribution is 2.36. The van der Waals surface area contributed by atoms with Crippen LogP contribution < -0.4 is 11.1 Å². The van der Waals surface area contributed by atoms with Crippen LogP contribution >= 0.6 is 11.3 Å². The topological polar surface area (TPSA) is 110 Å². The van der Waals surface area contributed by atoms with Crippen molar-refractivity contribution >= 4 is 38.0 Å². The van der Waals surface area contributed by atoms with E-state index in [9.17, 15) is 22.4 Å². The molecule has 3 rings (SSSR count). The molecule has 0 saturated heterocycles. The first kappa shape index (κ1) is 21.4. The molecule has 2 aromatic rings. The summed E-state index contributed by atoms with van der Waals surface area (Å²) in [5.74, 6) is -1.71. The second-order valence-electron chi connectivity index (χ2n) is 6.98. The molecule has 0 saturated carbocycles. The summed E-state index contributed by atoms with van der Waals surface area (Å²) in [7, 11) is -1.62. The highest BCUT2D eigenvalue weighted by Gasteiger charge is 2.26. The van der Waals surface area contributed by atoms with Crippen LogP contribution in [0.5, 0.6) is 0 Å². The fraction of sp³-hybridized carbons (Fsp3) is 0.368. The van der Waals surface area contributed by atoms with Crippen LogP contribution in [-0.2, 0) is 27.6 Å². The standard InChI is InChI=1S/C19H22FN3O4S2/c1-23-9-8-14-15(11-23)28-19(17(14)18(21)25)22-16(24)3-2-10-29(26,27)13-6-4-12(20)5-7-13/h4-7H,2-3,8-11H2,1H3,(H2,21,25)(H,22,24). The zero-order valence-electron chi connectivity index (χ0n) is 15.9. The number of carbonyl (C=O) groups excluding carboxylic acids is 2. The van der Waals surface area contributed by atoms with Crippen LogP contribution in [0, 0.1) is 5.82 Å². The SMILES string of the molecule is CN1CCc2c(sc(NC(=O)CCCS(=O)(=O)c3ccc(F)cc3)c2C(N)=O)C1. The lowest BCUT2D eigenvalue weighted by Crippen LogP contribution is -2.27. The van der Waals surface area contributed by atoms with Gasteiger partial charge in [0.1, 0.15) is 10.8 Å². The van der Waals surface area contributed by atoms with E-state index in [4.69, 9.17) is 5.73 Å². The van der Waals surface area contributed by atoms with E-state index in [-0.39, 0.29) is 29.4 Å². The van der Waals surface area contributed by atoms with Gasteiger partial charge >= 0.3 is 0 Å². The number of nitrogens with two attached hydrogens (primary N) is 1. The molecule has 156 valence electrons. The van der Waals surface area contributed by atoms with Crippen molar-refractivity contribution in [2.24, 2.45) is 5.73 Å². The third-order valence-corrected chi connectivity index (χ3v) is 7.69. The molecule has 7 nitrogen and oxygen atoms in total. The zero-order chi connectivity index (χ0) is 21.2.